The summed E-state index contributed by atoms with van der Waals surface area (Å²) in [6.07, 6.45) is 19.6. The van der Waals surface area contributed by atoms with Crippen molar-refractivity contribution in [3.8, 4) is 0 Å². The smallest absolute Gasteiger partial charge is 0.326 e. The van der Waals surface area contributed by atoms with E-state index >= 15 is 13.2 Å². The van der Waals surface area contributed by atoms with Crippen molar-refractivity contribution >= 4 is 64.6 Å². The van der Waals surface area contributed by atoms with Gasteiger partial charge in [0.1, 0.15) is 17.5 Å². The molecule has 4 aromatic carbocycles. The van der Waals surface area contributed by atoms with Gasteiger partial charge in [-0.05, 0) is 117 Å². The lowest BCUT2D eigenvalue weighted by atomic mass is 9.80. The third-order valence-corrected chi connectivity index (χ3v) is 21.0. The van der Waals surface area contributed by atoms with Crippen LogP contribution >= 0.6 is 0 Å². The minimum Gasteiger partial charge on any atom is -0.480 e. The van der Waals surface area contributed by atoms with E-state index in [4.69, 9.17) is 5.14 Å². The number of fused-ring (bicyclic) bond motifs is 2. The van der Waals surface area contributed by atoms with Crippen molar-refractivity contribution in [2.75, 3.05) is 34.8 Å². The first kappa shape index (κ1) is 66.6. The van der Waals surface area contributed by atoms with Gasteiger partial charge in [-0.25, -0.2) is 39.9 Å². The molecule has 0 radical (unpaired) electrons. The summed E-state index contributed by atoms with van der Waals surface area (Å²) in [6.45, 7) is 12.5. The standard InChI is InChI=1S/C66H82F3N5O10S3/c1-6-7-17-38-73-53-27-15-13-25-50(53)65(2,3)55(73)35-33-46-21-20-22-47(34-36-56-66(4,5)51-26-14-16-28-54(51)74(56)39-18-19-40-86(80,81)82)49(46)42-44-29-31-45(32-30-44)43-52(64(76)77)72-57(75)37-41-85(78,79)63-59(68)58(67)62(87(70,83)84)60(69)61(63)71-48-23-11-9-8-10-12-24-48/h13-16,25-36,48,52,71H,6-12,17-24,37-43H2,1-5H3,(H4-,70,72,75,76,77,80,81,82,83,84)/p+1/t52-/m0/s1. The van der Waals surface area contributed by atoms with Crippen LogP contribution in [0.4, 0.5) is 30.2 Å². The average Bonchev–Trinajstić information content (AvgIpc) is 1.77. The molecular formula is C66H83F3N5O10S3+. The number of aliphatic carboxylic acids is 1. The van der Waals surface area contributed by atoms with Crippen LogP contribution in [0.3, 0.4) is 0 Å². The van der Waals surface area contributed by atoms with Gasteiger partial charge in [0.15, 0.2) is 37.9 Å². The second-order valence-electron chi connectivity index (χ2n) is 24.5. The van der Waals surface area contributed by atoms with Gasteiger partial charge in [-0.3, -0.25) is 9.35 Å². The van der Waals surface area contributed by atoms with E-state index in [2.05, 4.69) is 115 Å². The maximum absolute atomic E-state index is 16.0. The highest BCUT2D eigenvalue weighted by molar-refractivity contribution is 7.91. The van der Waals surface area contributed by atoms with E-state index < -0.39 is 104 Å². The number of nitrogens with one attached hydrogen (secondary N) is 2. The van der Waals surface area contributed by atoms with Gasteiger partial charge in [0.05, 0.1) is 22.6 Å². The second kappa shape index (κ2) is 28.0. The Kier molecular flexibility index (Phi) is 21.4. The molecular weight excluding hydrogens is 1180 g/mol. The molecule has 4 aromatic rings. The summed E-state index contributed by atoms with van der Waals surface area (Å²) in [5, 5.41) is 20.4. The van der Waals surface area contributed by atoms with E-state index in [1.165, 1.54) is 22.5 Å². The van der Waals surface area contributed by atoms with Crippen molar-refractivity contribution in [1.29, 1.82) is 0 Å². The number of carboxylic acids is 1. The van der Waals surface area contributed by atoms with Gasteiger partial charge in [0, 0.05) is 66.4 Å². The van der Waals surface area contributed by atoms with E-state index in [1.54, 1.807) is 12.1 Å². The van der Waals surface area contributed by atoms with Crippen LogP contribution in [0, 0.1) is 17.5 Å². The number of allylic oxidation sites excluding steroid dienone is 8. The number of unbranched alkanes of at least 4 members (excludes halogenated alkanes) is 3. The number of carbonyl (C=O) groups is 2. The summed E-state index contributed by atoms with van der Waals surface area (Å²) in [5.41, 5.74) is 10.1. The van der Waals surface area contributed by atoms with Crippen LogP contribution in [0.25, 0.3) is 0 Å². The van der Waals surface area contributed by atoms with Crippen molar-refractivity contribution in [3.05, 3.63) is 159 Å². The molecule has 1 atom stereocenters. The molecule has 87 heavy (non-hydrogen) atoms. The number of benzene rings is 4. The Balaban J connectivity index is 1.07. The third-order valence-electron chi connectivity index (χ3n) is 17.5. The molecule has 1 saturated carbocycles. The number of anilines is 2. The molecule has 2 aliphatic carbocycles. The molecule has 2 heterocycles. The number of sulfone groups is 1. The molecule has 4 aliphatic rings. The molecule has 0 bridgehead atoms. The van der Waals surface area contributed by atoms with Gasteiger partial charge in [0.25, 0.3) is 10.1 Å². The number of hydrogen-bond donors (Lipinski definition) is 5. The lowest BCUT2D eigenvalue weighted by Crippen LogP contribution is -2.42. The van der Waals surface area contributed by atoms with E-state index in [-0.39, 0.29) is 17.6 Å². The SMILES string of the molecule is CCCCC[N+]1=C(/C=C/C2=C(Cc3ccc(C[C@H](NC(=O)CCS(=O)(=O)c4c(F)c(F)c(S(N)(=O)=O)c(F)c4NC4CCCCCCC4)C(=O)O)cc3)C(=C/C=C3/N(CCCCS(=O)(=O)O)c4ccccc4C3(C)C)/CCC2)C(C)(C)c2ccccc21. The molecule has 0 saturated heterocycles. The van der Waals surface area contributed by atoms with Gasteiger partial charge >= 0.3 is 5.97 Å². The van der Waals surface area contributed by atoms with Crippen LogP contribution in [0.1, 0.15) is 160 Å². The minimum atomic E-state index is -5.23. The summed E-state index contributed by atoms with van der Waals surface area (Å²) in [5.74, 6) is -10.4. The zero-order valence-corrected chi connectivity index (χ0v) is 52.9. The fourth-order valence-corrected chi connectivity index (χ4v) is 15.6. The third kappa shape index (κ3) is 15.7. The monoisotopic (exact) mass is 1260 g/mol. The highest BCUT2D eigenvalue weighted by Gasteiger charge is 2.45. The number of para-hydroxylation sites is 2. The Hall–Kier alpha value is -6.39. The number of carbonyl (C=O) groups excluding carboxylic acids is 1. The number of amides is 1. The van der Waals surface area contributed by atoms with Crippen molar-refractivity contribution in [2.45, 2.75) is 183 Å². The van der Waals surface area contributed by atoms with Crippen LogP contribution in [0.2, 0.25) is 0 Å². The predicted octanol–water partition coefficient (Wildman–Crippen LogP) is 12.4. The Labute approximate surface area is 511 Å². The molecule has 1 fully saturated rings. The van der Waals surface area contributed by atoms with Crippen molar-refractivity contribution in [2.24, 2.45) is 5.14 Å². The fourth-order valence-electron chi connectivity index (χ4n) is 12.9. The maximum Gasteiger partial charge on any atom is 0.326 e. The lowest BCUT2D eigenvalue weighted by Gasteiger charge is -2.28. The Morgan fingerprint density at radius 1 is 0.747 bits per heavy atom. The molecule has 0 aromatic heterocycles. The summed E-state index contributed by atoms with van der Waals surface area (Å²) in [6, 6.07) is 22.0. The fraction of sp³-hybridized carbons (Fsp3) is 0.470. The Morgan fingerprint density at radius 3 is 2.06 bits per heavy atom. The molecule has 0 unspecified atom stereocenters. The lowest BCUT2D eigenvalue weighted by molar-refractivity contribution is -0.438. The van der Waals surface area contributed by atoms with Crippen LogP contribution in [0.15, 0.2) is 129 Å². The molecule has 0 spiro atoms. The normalized spacial score (nSPS) is 18.7. The van der Waals surface area contributed by atoms with E-state index in [0.29, 0.717) is 57.1 Å². The number of halogens is 3. The number of carboxylic acid groups (broad SMARTS) is 1. The van der Waals surface area contributed by atoms with Gasteiger partial charge in [-0.2, -0.15) is 13.0 Å². The minimum absolute atomic E-state index is 0.213. The number of rotatable bonds is 25. The van der Waals surface area contributed by atoms with E-state index in [9.17, 15) is 44.5 Å². The first-order chi connectivity index (χ1) is 41.1. The predicted molar refractivity (Wildman–Crippen MR) is 335 cm³/mol. The molecule has 1 amide bonds. The Morgan fingerprint density at radius 2 is 1.39 bits per heavy atom. The van der Waals surface area contributed by atoms with Gasteiger partial charge in [-0.1, -0.05) is 132 Å². The van der Waals surface area contributed by atoms with Gasteiger partial charge in [-0.15, -0.1) is 0 Å². The quantitative estimate of drug-likeness (QED) is 0.0180. The first-order valence-electron chi connectivity index (χ1n) is 30.3. The van der Waals surface area contributed by atoms with Crippen LogP contribution < -0.4 is 20.7 Å². The maximum atomic E-state index is 16.0. The largest absolute Gasteiger partial charge is 0.480 e. The number of sulfonamides is 1. The number of nitrogens with two attached hydrogens (primary N) is 1. The zero-order valence-electron chi connectivity index (χ0n) is 50.4. The molecule has 2 aliphatic heterocycles. The molecule has 15 nitrogen and oxygen atoms in total. The zero-order chi connectivity index (χ0) is 63.1. The van der Waals surface area contributed by atoms with Crippen LogP contribution in [-0.4, -0.2) is 93.8 Å². The van der Waals surface area contributed by atoms with Crippen molar-refractivity contribution < 1.29 is 62.2 Å². The summed E-state index contributed by atoms with van der Waals surface area (Å²) >= 11 is 0. The van der Waals surface area contributed by atoms with E-state index in [1.807, 2.05) is 24.3 Å². The van der Waals surface area contributed by atoms with Crippen molar-refractivity contribution in [3.63, 3.8) is 0 Å². The summed E-state index contributed by atoms with van der Waals surface area (Å²) in [4.78, 5) is 25.1. The van der Waals surface area contributed by atoms with Gasteiger partial charge < -0.3 is 20.6 Å². The number of hydrogen-bond acceptors (Lipinski definition) is 10. The van der Waals surface area contributed by atoms with Crippen LogP contribution in [-0.2, 0) is 63.2 Å². The van der Waals surface area contributed by atoms with Crippen molar-refractivity contribution in [1.82, 2.24) is 5.32 Å². The van der Waals surface area contributed by atoms with Gasteiger partial charge in [0.2, 0.25) is 21.6 Å². The summed E-state index contributed by atoms with van der Waals surface area (Å²) < 4.78 is 135. The van der Waals surface area contributed by atoms with Crippen LogP contribution in [0.5, 0.6) is 0 Å². The average molecular weight is 1260 g/mol. The Bertz CT molecular complexity index is 3750. The highest BCUT2D eigenvalue weighted by atomic mass is 32.2. The second-order valence-corrected chi connectivity index (χ2v) is 29.7. The first-order valence-corrected chi connectivity index (χ1v) is 35.2. The molecule has 6 N–H and O–H groups in total. The van der Waals surface area contributed by atoms with E-state index in [0.717, 1.165) is 98.0 Å². The molecule has 470 valence electrons. The molecule has 8 rings (SSSR count). The topological polar surface area (TPSA) is 233 Å². The highest BCUT2D eigenvalue weighted by Crippen LogP contribution is 2.48. The number of primary sulfonamides is 1. The summed E-state index contributed by atoms with van der Waals surface area (Å²) in [7, 11) is -14.4. The number of nitrogens with zero attached hydrogens (tertiary/aromatic N) is 2. The molecule has 21 heteroatoms.